The van der Waals surface area contributed by atoms with Crippen LogP contribution in [0.1, 0.15) is 65.2 Å². The topological polar surface area (TPSA) is 257 Å². The van der Waals surface area contributed by atoms with Crippen molar-refractivity contribution in [1.29, 1.82) is 0 Å². The van der Waals surface area contributed by atoms with Crippen LogP contribution < -0.4 is 33.2 Å². The number of carboxylic acid groups (broad SMARTS) is 2. The number of nitrogens with two attached hydrogens (primary N) is 3. The third kappa shape index (κ3) is 14.2. The fraction of sp³-hybridized carbons (Fsp3) is 0.727. The van der Waals surface area contributed by atoms with Crippen molar-refractivity contribution in [3.8, 4) is 0 Å². The van der Waals surface area contributed by atoms with Gasteiger partial charge >= 0.3 is 11.9 Å². The first-order valence-corrected chi connectivity index (χ1v) is 11.9. The van der Waals surface area contributed by atoms with Crippen LogP contribution >= 0.6 is 0 Å². The molecule has 0 unspecified atom stereocenters. The Hall–Kier alpha value is -3.26. The monoisotopic (exact) mass is 516 g/mol. The van der Waals surface area contributed by atoms with Gasteiger partial charge in [0.2, 0.25) is 23.6 Å². The molecule has 4 amide bonds. The van der Waals surface area contributed by atoms with Crippen LogP contribution in [-0.2, 0) is 28.8 Å². The van der Waals surface area contributed by atoms with Crippen molar-refractivity contribution in [1.82, 2.24) is 16.0 Å². The third-order valence-electron chi connectivity index (χ3n) is 5.22. The lowest BCUT2D eigenvalue weighted by molar-refractivity contribution is -0.143. The normalized spacial score (nSPS) is 14.2. The molecule has 36 heavy (non-hydrogen) atoms. The van der Waals surface area contributed by atoms with Gasteiger partial charge in [-0.2, -0.15) is 0 Å². The van der Waals surface area contributed by atoms with Crippen molar-refractivity contribution in [3.63, 3.8) is 0 Å². The Morgan fingerprint density at radius 1 is 0.750 bits per heavy atom. The van der Waals surface area contributed by atoms with E-state index in [4.69, 9.17) is 22.3 Å². The maximum Gasteiger partial charge on any atom is 0.326 e. The maximum absolute atomic E-state index is 13.0. The molecule has 0 spiro atoms. The van der Waals surface area contributed by atoms with Gasteiger partial charge in [-0.25, -0.2) is 4.79 Å². The molecule has 0 aliphatic heterocycles. The molecule has 0 aliphatic carbocycles. The number of hydrogen-bond acceptors (Lipinski definition) is 8. The van der Waals surface area contributed by atoms with Gasteiger partial charge in [-0.05, 0) is 51.0 Å². The summed E-state index contributed by atoms with van der Waals surface area (Å²) in [5.74, 6) is -5.45. The number of carboxylic acids is 2. The molecule has 0 aromatic heterocycles. The minimum atomic E-state index is -1.29. The fourth-order valence-electron chi connectivity index (χ4n) is 3.24. The first-order valence-electron chi connectivity index (χ1n) is 11.9. The predicted octanol–water partition coefficient (Wildman–Crippen LogP) is -1.84. The molecule has 0 aromatic carbocycles. The van der Waals surface area contributed by atoms with E-state index in [0.717, 1.165) is 0 Å². The Morgan fingerprint density at radius 3 is 1.75 bits per heavy atom. The van der Waals surface area contributed by atoms with Gasteiger partial charge in [-0.3, -0.25) is 24.0 Å². The SMILES string of the molecule is CC(C)C[C@H](NC(=O)[C@H](CCCCN)NC(=O)[C@H](CCC(N)=O)NC(=O)[C@@H](N)CCC(=O)O)C(=O)O. The van der Waals surface area contributed by atoms with E-state index in [1.807, 2.05) is 0 Å². The van der Waals surface area contributed by atoms with E-state index >= 15 is 0 Å². The van der Waals surface area contributed by atoms with Crippen molar-refractivity contribution >= 4 is 35.6 Å². The molecule has 0 heterocycles. The predicted molar refractivity (Wildman–Crippen MR) is 129 cm³/mol. The molecular formula is C22H40N6O8. The number of carbonyl (C=O) groups excluding carboxylic acids is 4. The summed E-state index contributed by atoms with van der Waals surface area (Å²) in [6.07, 6.45) is 0.332. The molecule has 11 N–H and O–H groups in total. The van der Waals surface area contributed by atoms with Gasteiger partial charge < -0.3 is 43.4 Å². The summed E-state index contributed by atoms with van der Waals surface area (Å²) in [6, 6.07) is -4.81. The van der Waals surface area contributed by atoms with Gasteiger partial charge in [0, 0.05) is 12.8 Å². The van der Waals surface area contributed by atoms with Crippen molar-refractivity contribution in [3.05, 3.63) is 0 Å². The Kier molecular flexibility index (Phi) is 15.7. The minimum absolute atomic E-state index is 0.0181. The summed E-state index contributed by atoms with van der Waals surface area (Å²) < 4.78 is 0. The second-order valence-corrected chi connectivity index (χ2v) is 8.98. The zero-order chi connectivity index (χ0) is 27.8. The second kappa shape index (κ2) is 17.2. The van der Waals surface area contributed by atoms with E-state index in [9.17, 15) is 33.9 Å². The lowest BCUT2D eigenvalue weighted by Crippen LogP contribution is -2.57. The highest BCUT2D eigenvalue weighted by Gasteiger charge is 2.30. The first kappa shape index (κ1) is 32.7. The summed E-state index contributed by atoms with van der Waals surface area (Å²) in [6.45, 7) is 3.95. The lowest BCUT2D eigenvalue weighted by Gasteiger charge is -2.25. The maximum atomic E-state index is 13.0. The molecular weight excluding hydrogens is 476 g/mol. The Morgan fingerprint density at radius 2 is 1.28 bits per heavy atom. The van der Waals surface area contributed by atoms with Crippen molar-refractivity contribution in [2.45, 2.75) is 89.4 Å². The van der Waals surface area contributed by atoms with Crippen LogP contribution in [0.5, 0.6) is 0 Å². The summed E-state index contributed by atoms with van der Waals surface area (Å²) >= 11 is 0. The molecule has 14 heteroatoms. The van der Waals surface area contributed by atoms with Crippen LogP contribution in [-0.4, -0.2) is 76.5 Å². The number of hydrogen-bond donors (Lipinski definition) is 8. The van der Waals surface area contributed by atoms with Crippen LogP contribution in [0.2, 0.25) is 0 Å². The zero-order valence-electron chi connectivity index (χ0n) is 20.8. The van der Waals surface area contributed by atoms with Crippen LogP contribution in [0.25, 0.3) is 0 Å². The van der Waals surface area contributed by atoms with Crippen molar-refractivity contribution < 1.29 is 39.0 Å². The van der Waals surface area contributed by atoms with Gasteiger partial charge in [-0.15, -0.1) is 0 Å². The average molecular weight is 517 g/mol. The van der Waals surface area contributed by atoms with E-state index < -0.39 is 59.7 Å². The van der Waals surface area contributed by atoms with Gasteiger partial charge in [-0.1, -0.05) is 13.8 Å². The van der Waals surface area contributed by atoms with Crippen molar-refractivity contribution in [2.75, 3.05) is 6.54 Å². The summed E-state index contributed by atoms with van der Waals surface area (Å²) in [5, 5.41) is 25.5. The number of nitrogens with one attached hydrogen (secondary N) is 3. The molecule has 0 rings (SSSR count). The van der Waals surface area contributed by atoms with Crippen LogP contribution in [0.3, 0.4) is 0 Å². The fourth-order valence-corrected chi connectivity index (χ4v) is 3.24. The number of rotatable bonds is 19. The highest BCUT2D eigenvalue weighted by atomic mass is 16.4. The summed E-state index contributed by atoms with van der Waals surface area (Å²) in [5.41, 5.74) is 16.4. The molecule has 0 aromatic rings. The Balaban J connectivity index is 5.57. The highest BCUT2D eigenvalue weighted by molar-refractivity contribution is 5.94. The number of carbonyl (C=O) groups is 6. The van der Waals surface area contributed by atoms with E-state index in [-0.39, 0.29) is 44.4 Å². The third-order valence-corrected chi connectivity index (χ3v) is 5.22. The van der Waals surface area contributed by atoms with Crippen LogP contribution in [0.15, 0.2) is 0 Å². The smallest absolute Gasteiger partial charge is 0.326 e. The molecule has 206 valence electrons. The minimum Gasteiger partial charge on any atom is -0.481 e. The van der Waals surface area contributed by atoms with E-state index in [1.165, 1.54) is 0 Å². The molecule has 4 atom stereocenters. The van der Waals surface area contributed by atoms with E-state index in [2.05, 4.69) is 16.0 Å². The van der Waals surface area contributed by atoms with E-state index in [0.29, 0.717) is 19.4 Å². The number of amides is 4. The largest absolute Gasteiger partial charge is 0.481 e. The van der Waals surface area contributed by atoms with E-state index in [1.54, 1.807) is 13.8 Å². The van der Waals surface area contributed by atoms with Gasteiger partial charge in [0.15, 0.2) is 0 Å². The molecule has 0 saturated heterocycles. The highest BCUT2D eigenvalue weighted by Crippen LogP contribution is 2.09. The first-order chi connectivity index (χ1) is 16.8. The molecule has 0 radical (unpaired) electrons. The standard InChI is InChI=1S/C22H40N6O8/c1-12(2)11-16(22(35)36)28-20(33)14(5-3-4-10-23)27-21(34)15(7-8-17(25)29)26-19(32)13(24)6-9-18(30)31/h12-16H,3-11,23-24H2,1-2H3,(H2,25,29)(H,26,32)(H,27,34)(H,28,33)(H,30,31)(H,35,36)/t13-,14-,15-,16-/m0/s1. The quantitative estimate of drug-likeness (QED) is 0.0889. The Bertz CT molecular complexity index is 776. The average Bonchev–Trinajstić information content (AvgIpc) is 2.78. The summed E-state index contributed by atoms with van der Waals surface area (Å²) in [7, 11) is 0. The van der Waals surface area contributed by atoms with Gasteiger partial charge in [0.25, 0.3) is 0 Å². The molecule has 0 bridgehead atoms. The Labute approximate surface area is 210 Å². The lowest BCUT2D eigenvalue weighted by atomic mass is 10.0. The second-order valence-electron chi connectivity index (χ2n) is 8.98. The van der Waals surface area contributed by atoms with Crippen LogP contribution in [0, 0.1) is 5.92 Å². The summed E-state index contributed by atoms with van der Waals surface area (Å²) in [4.78, 5) is 71.8. The zero-order valence-corrected chi connectivity index (χ0v) is 20.8. The van der Waals surface area contributed by atoms with Crippen LogP contribution in [0.4, 0.5) is 0 Å². The molecule has 14 nitrogen and oxygen atoms in total. The van der Waals surface area contributed by atoms with Gasteiger partial charge in [0.1, 0.15) is 18.1 Å². The number of aliphatic carboxylic acids is 2. The molecule has 0 aliphatic rings. The van der Waals surface area contributed by atoms with Crippen molar-refractivity contribution in [2.24, 2.45) is 23.1 Å². The number of primary amides is 1. The number of unbranched alkanes of at least 4 members (excludes halogenated alkanes) is 1. The van der Waals surface area contributed by atoms with Gasteiger partial charge in [0.05, 0.1) is 6.04 Å². The molecule has 0 saturated carbocycles. The molecule has 0 fully saturated rings.